The lowest BCUT2D eigenvalue weighted by molar-refractivity contribution is 0.102. The largest absolute Gasteiger partial charge is 0.360 e. The topological polar surface area (TPSA) is 66.9 Å². The number of carbonyl (C=O) groups excluding carboxylic acids is 1. The minimum Gasteiger partial charge on any atom is -0.360 e. The summed E-state index contributed by atoms with van der Waals surface area (Å²) >= 11 is 6.97. The number of anilines is 2. The van der Waals surface area contributed by atoms with E-state index in [4.69, 9.17) is 11.6 Å². The first-order valence-corrected chi connectivity index (χ1v) is 6.63. The van der Waals surface area contributed by atoms with E-state index in [2.05, 4.69) is 20.8 Å². The van der Waals surface area contributed by atoms with Gasteiger partial charge in [0.25, 0.3) is 5.91 Å². The number of aromatic nitrogens is 2. The molecule has 8 heteroatoms. The molecule has 19 heavy (non-hydrogen) atoms. The molecule has 0 unspecified atom stereocenters. The Bertz CT molecular complexity index is 604. The molecule has 0 bridgehead atoms. The first kappa shape index (κ1) is 13.7. The molecule has 0 fully saturated rings. The van der Waals surface area contributed by atoms with E-state index in [1.54, 1.807) is 0 Å². The van der Waals surface area contributed by atoms with Crippen LogP contribution < -0.4 is 10.6 Å². The fraction of sp³-hybridized carbons (Fsp3) is 0.182. The van der Waals surface area contributed by atoms with Crippen LogP contribution in [0, 0.1) is 5.82 Å². The van der Waals surface area contributed by atoms with E-state index >= 15 is 0 Å². The Morgan fingerprint density at radius 2 is 2.26 bits per heavy atom. The van der Waals surface area contributed by atoms with Crippen LogP contribution in [0.4, 0.5) is 15.2 Å². The summed E-state index contributed by atoms with van der Waals surface area (Å²) in [6, 6.07) is 3.73. The monoisotopic (exact) mass is 300 g/mol. The highest BCUT2D eigenvalue weighted by molar-refractivity contribution is 7.17. The molecule has 1 amide bonds. The number of hydrogen-bond donors (Lipinski definition) is 2. The summed E-state index contributed by atoms with van der Waals surface area (Å²) in [5.74, 6) is -0.959. The van der Waals surface area contributed by atoms with E-state index in [-0.39, 0.29) is 15.7 Å². The third-order valence-electron chi connectivity index (χ3n) is 2.12. The molecular formula is C11H10ClFN4OS. The number of carbonyl (C=O) groups is 1. The predicted octanol–water partition coefficient (Wildman–Crippen LogP) is 3.01. The summed E-state index contributed by atoms with van der Waals surface area (Å²) in [4.78, 5) is 11.9. The Kier molecular flexibility index (Phi) is 4.28. The minimum absolute atomic E-state index is 0.177. The fourth-order valence-corrected chi connectivity index (χ4v) is 2.18. The molecule has 5 nitrogen and oxygen atoms in total. The number of nitrogens with zero attached hydrogens (tertiary/aromatic N) is 2. The number of nitrogens with one attached hydrogen (secondary N) is 2. The van der Waals surface area contributed by atoms with Gasteiger partial charge >= 0.3 is 0 Å². The number of rotatable bonds is 4. The van der Waals surface area contributed by atoms with E-state index in [1.165, 1.54) is 12.1 Å². The molecule has 0 aliphatic carbocycles. The minimum atomic E-state index is -0.481. The van der Waals surface area contributed by atoms with E-state index < -0.39 is 11.7 Å². The second-order valence-corrected chi connectivity index (χ2v) is 4.91. The van der Waals surface area contributed by atoms with Crippen LogP contribution in [0.15, 0.2) is 18.2 Å². The lowest BCUT2D eigenvalue weighted by Crippen LogP contribution is -2.12. The zero-order chi connectivity index (χ0) is 13.8. The van der Waals surface area contributed by atoms with Gasteiger partial charge in [-0.1, -0.05) is 22.9 Å². The highest BCUT2D eigenvalue weighted by Gasteiger charge is 2.14. The third-order valence-corrected chi connectivity index (χ3v) is 3.33. The molecule has 0 spiro atoms. The number of amides is 1. The van der Waals surface area contributed by atoms with Gasteiger partial charge in [-0.3, -0.25) is 4.79 Å². The van der Waals surface area contributed by atoms with Gasteiger partial charge in [0.1, 0.15) is 5.82 Å². The van der Waals surface area contributed by atoms with Gasteiger partial charge in [0.2, 0.25) is 10.1 Å². The summed E-state index contributed by atoms with van der Waals surface area (Å²) in [5.41, 5.74) is 0.201. The molecule has 2 aromatic rings. The molecule has 0 aliphatic rings. The molecule has 0 atom stereocenters. The van der Waals surface area contributed by atoms with Gasteiger partial charge in [-0.15, -0.1) is 10.2 Å². The maximum Gasteiger partial charge on any atom is 0.286 e. The number of hydrogen-bond acceptors (Lipinski definition) is 5. The van der Waals surface area contributed by atoms with Crippen LogP contribution in [0.3, 0.4) is 0 Å². The van der Waals surface area contributed by atoms with E-state index in [9.17, 15) is 9.18 Å². The molecule has 1 aromatic heterocycles. The maximum atomic E-state index is 13.1. The summed E-state index contributed by atoms with van der Waals surface area (Å²) in [6.45, 7) is 2.60. The number of halogens is 2. The van der Waals surface area contributed by atoms with Crippen molar-refractivity contribution in [1.82, 2.24) is 10.2 Å². The van der Waals surface area contributed by atoms with Gasteiger partial charge in [-0.25, -0.2) is 4.39 Å². The fourth-order valence-electron chi connectivity index (χ4n) is 1.31. The Hall–Kier alpha value is -1.73. The Morgan fingerprint density at radius 1 is 1.47 bits per heavy atom. The maximum absolute atomic E-state index is 13.1. The molecule has 0 radical (unpaired) electrons. The van der Waals surface area contributed by atoms with Crippen molar-refractivity contribution in [3.63, 3.8) is 0 Å². The molecule has 0 saturated heterocycles. The van der Waals surface area contributed by atoms with Gasteiger partial charge in [-0.2, -0.15) is 0 Å². The standard InChI is InChI=1S/C11H10ClFN4OS/c1-2-14-11-17-16-10(19-11)9(18)15-8-5-6(13)3-4-7(8)12/h3-5H,2H2,1H3,(H,14,17)(H,15,18). The van der Waals surface area contributed by atoms with Crippen LogP contribution in [0.1, 0.15) is 16.7 Å². The molecule has 0 saturated carbocycles. The zero-order valence-corrected chi connectivity index (χ0v) is 11.5. The Balaban J connectivity index is 2.13. The first-order chi connectivity index (χ1) is 9.10. The quantitative estimate of drug-likeness (QED) is 0.911. The second-order valence-electron chi connectivity index (χ2n) is 3.52. The van der Waals surface area contributed by atoms with Crippen LogP contribution in [-0.2, 0) is 0 Å². The highest BCUT2D eigenvalue weighted by Crippen LogP contribution is 2.24. The lowest BCUT2D eigenvalue weighted by Gasteiger charge is -2.04. The van der Waals surface area contributed by atoms with Gasteiger partial charge < -0.3 is 10.6 Å². The molecule has 0 aliphatic heterocycles. The average Bonchev–Trinajstić information content (AvgIpc) is 2.83. The summed E-state index contributed by atoms with van der Waals surface area (Å²) in [5, 5.41) is 14.0. The van der Waals surface area contributed by atoms with Crippen LogP contribution >= 0.6 is 22.9 Å². The van der Waals surface area contributed by atoms with E-state index in [0.29, 0.717) is 11.7 Å². The first-order valence-electron chi connectivity index (χ1n) is 5.44. The van der Waals surface area contributed by atoms with E-state index in [0.717, 1.165) is 17.4 Å². The van der Waals surface area contributed by atoms with Crippen LogP contribution in [0.25, 0.3) is 0 Å². The van der Waals surface area contributed by atoms with Crippen molar-refractivity contribution in [3.05, 3.63) is 34.0 Å². The SMILES string of the molecule is CCNc1nnc(C(=O)Nc2cc(F)ccc2Cl)s1. The average molecular weight is 301 g/mol. The van der Waals surface area contributed by atoms with Gasteiger partial charge in [0.05, 0.1) is 10.7 Å². The zero-order valence-electron chi connectivity index (χ0n) is 9.91. The van der Waals surface area contributed by atoms with E-state index in [1.807, 2.05) is 6.92 Å². The molecule has 1 heterocycles. The Morgan fingerprint density at radius 3 is 3.00 bits per heavy atom. The van der Waals surface area contributed by atoms with Gasteiger partial charge in [-0.05, 0) is 25.1 Å². The normalized spacial score (nSPS) is 10.3. The van der Waals surface area contributed by atoms with Crippen molar-refractivity contribution in [2.24, 2.45) is 0 Å². The summed E-state index contributed by atoms with van der Waals surface area (Å²) in [6.07, 6.45) is 0. The van der Waals surface area contributed by atoms with Crippen LogP contribution in [0.5, 0.6) is 0 Å². The lowest BCUT2D eigenvalue weighted by atomic mass is 10.3. The second kappa shape index (κ2) is 5.94. The summed E-state index contributed by atoms with van der Waals surface area (Å²) < 4.78 is 13.1. The van der Waals surface area contributed by atoms with Crippen molar-refractivity contribution in [2.75, 3.05) is 17.2 Å². The molecule has 2 rings (SSSR count). The predicted molar refractivity (Wildman–Crippen MR) is 73.4 cm³/mol. The molecule has 2 N–H and O–H groups in total. The smallest absolute Gasteiger partial charge is 0.286 e. The molecule has 1 aromatic carbocycles. The van der Waals surface area contributed by atoms with Gasteiger partial charge in [0.15, 0.2) is 0 Å². The van der Waals surface area contributed by atoms with Crippen molar-refractivity contribution in [3.8, 4) is 0 Å². The van der Waals surface area contributed by atoms with Crippen LogP contribution in [-0.4, -0.2) is 22.6 Å². The molecule has 100 valence electrons. The van der Waals surface area contributed by atoms with Crippen LogP contribution in [0.2, 0.25) is 5.02 Å². The molecular weight excluding hydrogens is 291 g/mol. The van der Waals surface area contributed by atoms with Crippen molar-refractivity contribution < 1.29 is 9.18 Å². The number of benzene rings is 1. The van der Waals surface area contributed by atoms with Gasteiger partial charge in [0, 0.05) is 6.54 Å². The van der Waals surface area contributed by atoms with Crippen molar-refractivity contribution in [2.45, 2.75) is 6.92 Å². The highest BCUT2D eigenvalue weighted by atomic mass is 35.5. The van der Waals surface area contributed by atoms with Crippen molar-refractivity contribution in [1.29, 1.82) is 0 Å². The Labute approximate surface area is 117 Å². The third kappa shape index (κ3) is 3.39. The summed E-state index contributed by atoms with van der Waals surface area (Å²) in [7, 11) is 0. The van der Waals surface area contributed by atoms with Crippen molar-refractivity contribution >= 4 is 39.7 Å².